The molecule has 6 nitrogen and oxygen atoms in total. The third kappa shape index (κ3) is 3.62. The van der Waals surface area contributed by atoms with Crippen molar-refractivity contribution in [3.05, 3.63) is 35.9 Å². The monoisotopic (exact) mass is 356 g/mol. The molecule has 3 aliphatic rings. The second kappa shape index (κ2) is 7.76. The van der Waals surface area contributed by atoms with Gasteiger partial charge in [-0.15, -0.1) is 0 Å². The van der Waals surface area contributed by atoms with Gasteiger partial charge >= 0.3 is 0 Å². The highest BCUT2D eigenvalue weighted by Crippen LogP contribution is 2.34. The fourth-order valence-electron chi connectivity index (χ4n) is 4.62. The van der Waals surface area contributed by atoms with Gasteiger partial charge in [-0.2, -0.15) is 0 Å². The number of hydrogen-bond acceptors (Lipinski definition) is 4. The van der Waals surface area contributed by atoms with Gasteiger partial charge in [0, 0.05) is 31.5 Å². The van der Waals surface area contributed by atoms with Gasteiger partial charge in [0.2, 0.25) is 11.8 Å². The number of nitrogens with one attached hydrogen (secondary N) is 3. The summed E-state index contributed by atoms with van der Waals surface area (Å²) >= 11 is 0. The summed E-state index contributed by atoms with van der Waals surface area (Å²) < 4.78 is 0. The summed E-state index contributed by atoms with van der Waals surface area (Å²) in [7, 11) is 0. The summed E-state index contributed by atoms with van der Waals surface area (Å²) in [6.07, 6.45) is 5.97. The Hall–Kier alpha value is -1.92. The van der Waals surface area contributed by atoms with E-state index < -0.39 is 0 Å². The molecular formula is C20H28N4O2. The molecule has 0 bridgehead atoms. The number of fused-ring (bicyclic) bond motifs is 1. The lowest BCUT2D eigenvalue weighted by atomic mass is 9.84. The molecule has 3 fully saturated rings. The minimum absolute atomic E-state index is 0.00271. The van der Waals surface area contributed by atoms with Crippen LogP contribution in [-0.2, 0) is 16.0 Å². The normalized spacial score (nSPS) is 31.1. The standard InChI is InChI=1S/C20H28N4O2/c25-18-12-15(20(26)21-11-10-14-6-2-1-3-7-14)13-24(18)19-16-8-4-5-9-17(16)22-23-19/h1-3,6-7,15-17,19,22-23H,4-5,8-13H2,(H,21,26). The number of likely N-dealkylation sites (tertiary alicyclic amines) is 1. The largest absolute Gasteiger partial charge is 0.355 e. The Morgan fingerprint density at radius 3 is 2.81 bits per heavy atom. The number of hydrogen-bond donors (Lipinski definition) is 3. The highest BCUT2D eigenvalue weighted by molar-refractivity contribution is 5.89. The smallest absolute Gasteiger partial charge is 0.225 e. The van der Waals surface area contributed by atoms with E-state index in [1.807, 2.05) is 23.1 Å². The molecule has 1 saturated carbocycles. The molecule has 1 aromatic rings. The van der Waals surface area contributed by atoms with Crippen molar-refractivity contribution in [2.75, 3.05) is 13.1 Å². The first kappa shape index (κ1) is 17.5. The predicted octanol–water partition coefficient (Wildman–Crippen LogP) is 1.19. The lowest BCUT2D eigenvalue weighted by Crippen LogP contribution is -2.48. The fraction of sp³-hybridized carbons (Fsp3) is 0.600. The van der Waals surface area contributed by atoms with Gasteiger partial charge in [0.1, 0.15) is 0 Å². The number of amides is 2. The molecule has 2 saturated heterocycles. The molecule has 26 heavy (non-hydrogen) atoms. The van der Waals surface area contributed by atoms with Gasteiger partial charge in [0.05, 0.1) is 12.1 Å². The van der Waals surface area contributed by atoms with Gasteiger partial charge in [-0.3, -0.25) is 15.0 Å². The van der Waals surface area contributed by atoms with Crippen LogP contribution in [0, 0.1) is 11.8 Å². The number of nitrogens with zero attached hydrogens (tertiary/aromatic N) is 1. The highest BCUT2D eigenvalue weighted by Gasteiger charge is 2.46. The summed E-state index contributed by atoms with van der Waals surface area (Å²) in [4.78, 5) is 26.9. The van der Waals surface area contributed by atoms with Gasteiger partial charge in [-0.05, 0) is 24.8 Å². The molecule has 1 aliphatic carbocycles. The van der Waals surface area contributed by atoms with Crippen molar-refractivity contribution in [1.82, 2.24) is 21.1 Å². The minimum Gasteiger partial charge on any atom is -0.355 e. The molecular weight excluding hydrogens is 328 g/mol. The van der Waals surface area contributed by atoms with Crippen LogP contribution in [0.2, 0.25) is 0 Å². The van der Waals surface area contributed by atoms with Crippen LogP contribution in [0.5, 0.6) is 0 Å². The molecule has 4 atom stereocenters. The Morgan fingerprint density at radius 2 is 1.96 bits per heavy atom. The third-order valence-corrected chi connectivity index (χ3v) is 6.06. The van der Waals surface area contributed by atoms with E-state index in [4.69, 9.17) is 0 Å². The van der Waals surface area contributed by atoms with Crippen molar-refractivity contribution in [2.45, 2.75) is 50.7 Å². The zero-order valence-corrected chi connectivity index (χ0v) is 15.1. The minimum atomic E-state index is -0.234. The van der Waals surface area contributed by atoms with Crippen LogP contribution < -0.4 is 16.2 Å². The van der Waals surface area contributed by atoms with E-state index in [1.165, 1.54) is 24.8 Å². The van der Waals surface area contributed by atoms with Crippen molar-refractivity contribution < 1.29 is 9.59 Å². The molecule has 0 radical (unpaired) electrons. The number of hydrazine groups is 1. The molecule has 2 aliphatic heterocycles. The molecule has 3 N–H and O–H groups in total. The SMILES string of the molecule is O=C(NCCc1ccccc1)C1CC(=O)N(C2NNC3CCCCC32)C1. The second-order valence-corrected chi connectivity index (χ2v) is 7.76. The first-order valence-electron chi connectivity index (χ1n) is 9.84. The van der Waals surface area contributed by atoms with E-state index in [9.17, 15) is 9.59 Å². The molecule has 4 unspecified atom stereocenters. The number of carbonyl (C=O) groups excluding carboxylic acids is 2. The van der Waals surface area contributed by atoms with Crippen LogP contribution in [0.25, 0.3) is 0 Å². The number of rotatable bonds is 5. The maximum atomic E-state index is 12.5. The highest BCUT2D eigenvalue weighted by atomic mass is 16.2. The zero-order chi connectivity index (χ0) is 17.9. The van der Waals surface area contributed by atoms with Crippen LogP contribution in [0.1, 0.15) is 37.7 Å². The Balaban J connectivity index is 1.29. The van der Waals surface area contributed by atoms with Crippen LogP contribution in [0.4, 0.5) is 0 Å². The summed E-state index contributed by atoms with van der Waals surface area (Å²) in [5.74, 6) is 0.331. The first-order valence-corrected chi connectivity index (χ1v) is 9.84. The summed E-state index contributed by atoms with van der Waals surface area (Å²) in [5.41, 5.74) is 7.89. The maximum absolute atomic E-state index is 12.5. The van der Waals surface area contributed by atoms with Gasteiger partial charge < -0.3 is 10.2 Å². The average Bonchev–Trinajstić information content (AvgIpc) is 3.26. The van der Waals surface area contributed by atoms with E-state index in [-0.39, 0.29) is 23.9 Å². The average molecular weight is 356 g/mol. The van der Waals surface area contributed by atoms with Crippen LogP contribution >= 0.6 is 0 Å². The van der Waals surface area contributed by atoms with Crippen LogP contribution in [-0.4, -0.2) is 42.0 Å². The van der Waals surface area contributed by atoms with Crippen molar-refractivity contribution in [1.29, 1.82) is 0 Å². The van der Waals surface area contributed by atoms with Crippen molar-refractivity contribution in [3.8, 4) is 0 Å². The number of benzene rings is 1. The Labute approximate surface area is 154 Å². The zero-order valence-electron chi connectivity index (χ0n) is 15.1. The molecule has 0 aromatic heterocycles. The molecule has 0 spiro atoms. The molecule has 2 heterocycles. The molecule has 4 rings (SSSR count). The van der Waals surface area contributed by atoms with Crippen molar-refractivity contribution in [2.24, 2.45) is 11.8 Å². The van der Waals surface area contributed by atoms with Crippen molar-refractivity contribution >= 4 is 11.8 Å². The Bertz CT molecular complexity index is 650. The molecule has 6 heteroatoms. The molecule has 140 valence electrons. The summed E-state index contributed by atoms with van der Waals surface area (Å²) in [6.45, 7) is 1.14. The quantitative estimate of drug-likeness (QED) is 0.741. The maximum Gasteiger partial charge on any atom is 0.225 e. The van der Waals surface area contributed by atoms with Crippen LogP contribution in [0.15, 0.2) is 30.3 Å². The summed E-state index contributed by atoms with van der Waals surface area (Å²) in [6, 6.07) is 10.6. The van der Waals surface area contributed by atoms with E-state index in [1.54, 1.807) is 0 Å². The Kier molecular flexibility index (Phi) is 5.22. The Morgan fingerprint density at radius 1 is 1.15 bits per heavy atom. The van der Waals surface area contributed by atoms with Gasteiger partial charge in [-0.25, -0.2) is 5.43 Å². The third-order valence-electron chi connectivity index (χ3n) is 6.06. The first-order chi connectivity index (χ1) is 12.7. The second-order valence-electron chi connectivity index (χ2n) is 7.76. The van der Waals surface area contributed by atoms with Gasteiger partial charge in [0.15, 0.2) is 0 Å². The molecule has 2 amide bonds. The van der Waals surface area contributed by atoms with E-state index in [2.05, 4.69) is 28.3 Å². The van der Waals surface area contributed by atoms with E-state index in [0.717, 1.165) is 12.8 Å². The van der Waals surface area contributed by atoms with Crippen LogP contribution in [0.3, 0.4) is 0 Å². The van der Waals surface area contributed by atoms with Crippen molar-refractivity contribution in [3.63, 3.8) is 0 Å². The number of carbonyl (C=O) groups is 2. The van der Waals surface area contributed by atoms with Gasteiger partial charge in [-0.1, -0.05) is 43.2 Å². The molecule has 1 aromatic carbocycles. The van der Waals surface area contributed by atoms with Gasteiger partial charge in [0.25, 0.3) is 0 Å². The predicted molar refractivity (Wildman–Crippen MR) is 98.8 cm³/mol. The topological polar surface area (TPSA) is 73.5 Å². The fourth-order valence-corrected chi connectivity index (χ4v) is 4.62. The summed E-state index contributed by atoms with van der Waals surface area (Å²) in [5, 5.41) is 3.01. The lowest BCUT2D eigenvalue weighted by Gasteiger charge is -2.32. The van der Waals surface area contributed by atoms with E-state index in [0.29, 0.717) is 31.5 Å². The lowest BCUT2D eigenvalue weighted by molar-refractivity contribution is -0.131. The van der Waals surface area contributed by atoms with E-state index >= 15 is 0 Å².